The van der Waals surface area contributed by atoms with Gasteiger partial charge in [0.15, 0.2) is 0 Å². The van der Waals surface area contributed by atoms with E-state index in [1.54, 1.807) is 6.92 Å². The Morgan fingerprint density at radius 3 is 2.62 bits per heavy atom. The number of hydrogen-bond acceptors (Lipinski definition) is 7. The molecule has 2 atom stereocenters. The summed E-state index contributed by atoms with van der Waals surface area (Å²) in [4.78, 5) is 21.1. The summed E-state index contributed by atoms with van der Waals surface area (Å²) in [6.45, 7) is 3.78. The lowest BCUT2D eigenvalue weighted by atomic mass is 9.85. The minimum atomic E-state index is -0.422. The zero-order valence-corrected chi connectivity index (χ0v) is 12.7. The number of aryl methyl sites for hydroxylation is 1. The van der Waals surface area contributed by atoms with Crippen LogP contribution >= 0.6 is 0 Å². The Bertz CT molecular complexity index is 536. The third kappa shape index (κ3) is 3.05. The molecule has 0 saturated heterocycles. The quantitative estimate of drug-likeness (QED) is 0.496. The van der Waals surface area contributed by atoms with Crippen LogP contribution in [0.15, 0.2) is 0 Å². The molecule has 1 fully saturated rings. The molecule has 3 N–H and O–H groups in total. The average molecular weight is 294 g/mol. The monoisotopic (exact) mass is 294 g/mol. The van der Waals surface area contributed by atoms with Crippen molar-refractivity contribution in [3.8, 4) is 0 Å². The maximum absolute atomic E-state index is 11.4. The minimum absolute atomic E-state index is 0.0470. The van der Waals surface area contributed by atoms with Crippen LogP contribution in [-0.2, 0) is 0 Å². The average Bonchev–Trinajstić information content (AvgIpc) is 2.45. The Kier molecular flexibility index (Phi) is 4.56. The fraction of sp³-hybridized carbons (Fsp3) is 0.692. The van der Waals surface area contributed by atoms with E-state index in [9.17, 15) is 10.1 Å². The van der Waals surface area contributed by atoms with Crippen molar-refractivity contribution >= 4 is 17.5 Å². The van der Waals surface area contributed by atoms with Gasteiger partial charge in [0.25, 0.3) is 0 Å². The third-order valence-corrected chi connectivity index (χ3v) is 4.25. The van der Waals surface area contributed by atoms with Gasteiger partial charge in [0.2, 0.25) is 11.8 Å². The number of nitro groups is 1. The first-order chi connectivity index (χ1) is 9.95. The topological polar surface area (TPSA) is 110 Å². The van der Waals surface area contributed by atoms with Crippen LogP contribution in [0.25, 0.3) is 0 Å². The highest BCUT2D eigenvalue weighted by atomic mass is 16.6. The van der Waals surface area contributed by atoms with E-state index in [-0.39, 0.29) is 17.7 Å². The van der Waals surface area contributed by atoms with E-state index in [0.29, 0.717) is 17.4 Å². The molecule has 0 aliphatic heterocycles. The van der Waals surface area contributed by atoms with E-state index in [1.807, 2.05) is 11.9 Å². The molecule has 1 aliphatic carbocycles. The van der Waals surface area contributed by atoms with Crippen molar-refractivity contribution in [2.24, 2.45) is 11.8 Å². The summed E-state index contributed by atoms with van der Waals surface area (Å²) in [6, 6.07) is 0.248. The highest BCUT2D eigenvalue weighted by Crippen LogP contribution is 2.35. The number of nitrogen functional groups attached to an aromatic ring is 1. The molecule has 1 aromatic rings. The lowest BCUT2D eigenvalue weighted by Gasteiger charge is -2.36. The zero-order valence-electron chi connectivity index (χ0n) is 12.7. The van der Waals surface area contributed by atoms with E-state index < -0.39 is 4.92 Å². The molecule has 0 bridgehead atoms. The predicted molar refractivity (Wildman–Crippen MR) is 81.1 cm³/mol. The molecule has 8 heteroatoms. The zero-order chi connectivity index (χ0) is 15.6. The van der Waals surface area contributed by atoms with Crippen LogP contribution in [0.1, 0.15) is 38.3 Å². The Morgan fingerprint density at radius 1 is 1.38 bits per heavy atom. The minimum Gasteiger partial charge on any atom is -0.351 e. The van der Waals surface area contributed by atoms with Gasteiger partial charge in [-0.2, -0.15) is 4.98 Å². The number of nitrogens with one attached hydrogen (secondary N) is 1. The van der Waals surface area contributed by atoms with Crippen molar-refractivity contribution in [1.82, 2.24) is 9.97 Å². The predicted octanol–water partition coefficient (Wildman–Crippen LogP) is 1.99. The maximum atomic E-state index is 11.4. The molecule has 1 aliphatic rings. The highest BCUT2D eigenvalue weighted by molar-refractivity contribution is 5.62. The standard InChI is InChI=1S/C13H22N6O2/c1-8-6-4-5-7-10(8)18(3)12-11(19(20)21)9(2)15-13(16-12)17-14/h8,10H,4-7,14H2,1-3H3,(H,15,16,17). The maximum Gasteiger partial charge on any atom is 0.332 e. The largest absolute Gasteiger partial charge is 0.351 e. The molecule has 21 heavy (non-hydrogen) atoms. The summed E-state index contributed by atoms with van der Waals surface area (Å²) in [7, 11) is 1.86. The Balaban J connectivity index is 2.44. The molecule has 1 aromatic heterocycles. The number of nitrogens with two attached hydrogens (primary N) is 1. The van der Waals surface area contributed by atoms with Crippen LogP contribution in [-0.4, -0.2) is 28.0 Å². The van der Waals surface area contributed by atoms with Gasteiger partial charge < -0.3 is 4.90 Å². The molecule has 116 valence electrons. The summed E-state index contributed by atoms with van der Waals surface area (Å²) in [5.41, 5.74) is 2.64. The van der Waals surface area contributed by atoms with Crippen LogP contribution in [0.4, 0.5) is 17.5 Å². The highest BCUT2D eigenvalue weighted by Gasteiger charge is 2.32. The van der Waals surface area contributed by atoms with Gasteiger partial charge in [-0.1, -0.05) is 19.8 Å². The van der Waals surface area contributed by atoms with Crippen LogP contribution in [0, 0.1) is 23.0 Å². The van der Waals surface area contributed by atoms with E-state index in [4.69, 9.17) is 5.84 Å². The van der Waals surface area contributed by atoms with Gasteiger partial charge in [0.1, 0.15) is 5.69 Å². The van der Waals surface area contributed by atoms with Crippen molar-refractivity contribution in [2.75, 3.05) is 17.4 Å². The molecule has 1 saturated carbocycles. The molecular formula is C13H22N6O2. The second-order valence-corrected chi connectivity index (χ2v) is 5.65. The van der Waals surface area contributed by atoms with Gasteiger partial charge in [-0.05, 0) is 25.7 Å². The van der Waals surface area contributed by atoms with Crippen molar-refractivity contribution in [3.05, 3.63) is 15.8 Å². The van der Waals surface area contributed by atoms with Crippen molar-refractivity contribution < 1.29 is 4.92 Å². The summed E-state index contributed by atoms with van der Waals surface area (Å²) in [5.74, 6) is 6.37. The second-order valence-electron chi connectivity index (χ2n) is 5.65. The molecule has 8 nitrogen and oxygen atoms in total. The first-order valence-electron chi connectivity index (χ1n) is 7.18. The van der Waals surface area contributed by atoms with Crippen LogP contribution < -0.4 is 16.2 Å². The smallest absolute Gasteiger partial charge is 0.332 e. The molecule has 0 amide bonds. The summed E-state index contributed by atoms with van der Waals surface area (Å²) in [5, 5.41) is 11.4. The summed E-state index contributed by atoms with van der Waals surface area (Å²) in [6.07, 6.45) is 4.50. The van der Waals surface area contributed by atoms with Gasteiger partial charge in [-0.25, -0.2) is 10.8 Å². The van der Waals surface area contributed by atoms with E-state index in [0.717, 1.165) is 19.3 Å². The number of hydrazine groups is 1. The third-order valence-electron chi connectivity index (χ3n) is 4.25. The molecule has 0 spiro atoms. The van der Waals surface area contributed by atoms with Crippen LogP contribution in [0.5, 0.6) is 0 Å². The van der Waals surface area contributed by atoms with Gasteiger partial charge in [-0.3, -0.25) is 15.5 Å². The molecule has 2 rings (SSSR count). The molecule has 1 heterocycles. The number of rotatable bonds is 4. The van der Waals surface area contributed by atoms with Gasteiger partial charge >= 0.3 is 5.69 Å². The summed E-state index contributed by atoms with van der Waals surface area (Å²) >= 11 is 0. The van der Waals surface area contributed by atoms with Crippen LogP contribution in [0.2, 0.25) is 0 Å². The van der Waals surface area contributed by atoms with Crippen molar-refractivity contribution in [3.63, 3.8) is 0 Å². The lowest BCUT2D eigenvalue weighted by Crippen LogP contribution is -2.40. The van der Waals surface area contributed by atoms with Crippen LogP contribution in [0.3, 0.4) is 0 Å². The van der Waals surface area contributed by atoms with Crippen molar-refractivity contribution in [1.29, 1.82) is 0 Å². The Hall–Kier alpha value is -1.96. The number of aromatic nitrogens is 2. The number of nitrogens with zero attached hydrogens (tertiary/aromatic N) is 4. The second kappa shape index (κ2) is 6.21. The van der Waals surface area contributed by atoms with Gasteiger partial charge in [-0.15, -0.1) is 0 Å². The molecule has 0 aromatic carbocycles. The van der Waals surface area contributed by atoms with Gasteiger partial charge in [0, 0.05) is 13.1 Å². The number of anilines is 2. The van der Waals surface area contributed by atoms with E-state index in [1.165, 1.54) is 6.42 Å². The SMILES string of the molecule is Cc1nc(NN)nc(N(C)C2CCCCC2C)c1[N+](=O)[O-]. The van der Waals surface area contributed by atoms with Gasteiger partial charge in [0.05, 0.1) is 4.92 Å². The number of hydrogen-bond donors (Lipinski definition) is 2. The van der Waals surface area contributed by atoms with E-state index >= 15 is 0 Å². The fourth-order valence-electron chi connectivity index (χ4n) is 3.11. The lowest BCUT2D eigenvalue weighted by molar-refractivity contribution is -0.385. The first kappa shape index (κ1) is 15.4. The molecule has 2 unspecified atom stereocenters. The first-order valence-corrected chi connectivity index (χ1v) is 7.18. The van der Waals surface area contributed by atoms with E-state index in [2.05, 4.69) is 22.3 Å². The normalized spacial score (nSPS) is 21.9. The van der Waals surface area contributed by atoms with Crippen molar-refractivity contribution in [2.45, 2.75) is 45.6 Å². The summed E-state index contributed by atoms with van der Waals surface area (Å²) < 4.78 is 0. The fourth-order valence-corrected chi connectivity index (χ4v) is 3.11. The molecular weight excluding hydrogens is 272 g/mol. The Labute approximate surface area is 123 Å². The molecule has 0 radical (unpaired) electrons. The Morgan fingerprint density at radius 2 is 2.05 bits per heavy atom.